The number of ether oxygens (including phenoxy) is 1. The van der Waals surface area contributed by atoms with Crippen molar-refractivity contribution in [3.8, 4) is 0 Å². The highest BCUT2D eigenvalue weighted by Crippen LogP contribution is 2.10. The van der Waals surface area contributed by atoms with E-state index in [1.807, 2.05) is 30.5 Å². The lowest BCUT2D eigenvalue weighted by molar-refractivity contribution is 0.0593. The molecule has 0 aliphatic carbocycles. The van der Waals surface area contributed by atoms with Gasteiger partial charge in [-0.15, -0.1) is 5.10 Å². The van der Waals surface area contributed by atoms with Crippen LogP contribution in [0, 0.1) is 0 Å². The van der Waals surface area contributed by atoms with Gasteiger partial charge in [0, 0.05) is 11.2 Å². The summed E-state index contributed by atoms with van der Waals surface area (Å²) < 4.78 is 7.98. The fourth-order valence-corrected chi connectivity index (χ4v) is 2.22. The number of hydrogen-bond donors (Lipinski definition) is 0. The van der Waals surface area contributed by atoms with Gasteiger partial charge in [-0.3, -0.25) is 4.68 Å². The van der Waals surface area contributed by atoms with Crippen molar-refractivity contribution < 1.29 is 9.53 Å². The molecule has 2 aromatic heterocycles. The minimum atomic E-state index is -0.463. The zero-order valence-electron chi connectivity index (χ0n) is 12.4. The lowest BCUT2D eigenvalue weighted by Crippen LogP contribution is -2.06. The molecule has 0 saturated heterocycles. The minimum Gasteiger partial charge on any atom is -0.464 e. The third-order valence-corrected chi connectivity index (χ3v) is 3.46. The molecule has 7 nitrogen and oxygen atoms in total. The normalized spacial score (nSPS) is 10.7. The van der Waals surface area contributed by atoms with Crippen LogP contribution in [-0.2, 0) is 17.8 Å². The van der Waals surface area contributed by atoms with Gasteiger partial charge < -0.3 is 4.74 Å². The highest BCUT2D eigenvalue weighted by atomic mass is 35.5. The van der Waals surface area contributed by atoms with Crippen molar-refractivity contribution in [3.05, 3.63) is 64.7 Å². The molecule has 0 aliphatic rings. The molecule has 0 aliphatic heterocycles. The summed E-state index contributed by atoms with van der Waals surface area (Å²) in [7, 11) is 1.32. The maximum atomic E-state index is 11.4. The molecule has 2 heterocycles. The number of aromatic nitrogens is 5. The molecule has 0 N–H and O–H groups in total. The second kappa shape index (κ2) is 6.62. The summed E-state index contributed by atoms with van der Waals surface area (Å²) in [5.74, 6) is -0.463. The third kappa shape index (κ3) is 3.75. The zero-order valence-corrected chi connectivity index (χ0v) is 13.1. The summed E-state index contributed by atoms with van der Waals surface area (Å²) in [5.41, 5.74) is 2.09. The molecule has 0 saturated carbocycles. The highest BCUT2D eigenvalue weighted by Gasteiger charge is 2.10. The highest BCUT2D eigenvalue weighted by molar-refractivity contribution is 6.30. The second-order valence-corrected chi connectivity index (χ2v) is 5.36. The van der Waals surface area contributed by atoms with Gasteiger partial charge in [-0.2, -0.15) is 5.10 Å². The van der Waals surface area contributed by atoms with Crippen LogP contribution >= 0.6 is 11.6 Å². The summed E-state index contributed by atoms with van der Waals surface area (Å²) in [5, 5.41) is 13.0. The Morgan fingerprint density at radius 3 is 2.70 bits per heavy atom. The monoisotopic (exact) mass is 331 g/mol. The molecule has 0 bridgehead atoms. The Morgan fingerprint density at radius 1 is 1.17 bits per heavy atom. The van der Waals surface area contributed by atoms with Crippen LogP contribution in [0.3, 0.4) is 0 Å². The molecule has 0 spiro atoms. The summed E-state index contributed by atoms with van der Waals surface area (Å²) in [6.45, 7) is 1.04. The van der Waals surface area contributed by atoms with E-state index in [-0.39, 0.29) is 5.69 Å². The van der Waals surface area contributed by atoms with E-state index in [1.165, 1.54) is 7.11 Å². The van der Waals surface area contributed by atoms with Gasteiger partial charge in [0.15, 0.2) is 5.69 Å². The Balaban J connectivity index is 1.66. The smallest absolute Gasteiger partial charge is 0.358 e. The first-order valence-corrected chi connectivity index (χ1v) is 7.27. The van der Waals surface area contributed by atoms with Gasteiger partial charge >= 0.3 is 5.97 Å². The lowest BCUT2D eigenvalue weighted by Gasteiger charge is -2.00. The van der Waals surface area contributed by atoms with E-state index in [0.29, 0.717) is 18.1 Å². The lowest BCUT2D eigenvalue weighted by atomic mass is 10.2. The Labute approximate surface area is 137 Å². The molecule has 0 fully saturated rings. The van der Waals surface area contributed by atoms with Gasteiger partial charge in [-0.05, 0) is 23.8 Å². The van der Waals surface area contributed by atoms with Crippen molar-refractivity contribution in [2.75, 3.05) is 7.11 Å². The van der Waals surface area contributed by atoms with Crippen molar-refractivity contribution in [1.82, 2.24) is 24.8 Å². The summed E-state index contributed by atoms with van der Waals surface area (Å²) in [6.07, 6.45) is 3.54. The van der Waals surface area contributed by atoms with Crippen LogP contribution < -0.4 is 0 Å². The summed E-state index contributed by atoms with van der Waals surface area (Å²) >= 11 is 5.87. The molecule has 0 radical (unpaired) electrons. The van der Waals surface area contributed by atoms with E-state index in [2.05, 4.69) is 20.1 Å². The van der Waals surface area contributed by atoms with Crippen LogP contribution in [0.5, 0.6) is 0 Å². The molecule has 3 aromatic rings. The first-order valence-electron chi connectivity index (χ1n) is 6.89. The molecule has 3 rings (SSSR count). The van der Waals surface area contributed by atoms with E-state index in [0.717, 1.165) is 11.3 Å². The van der Waals surface area contributed by atoms with Gasteiger partial charge in [0.25, 0.3) is 0 Å². The van der Waals surface area contributed by atoms with E-state index in [9.17, 15) is 4.79 Å². The minimum absolute atomic E-state index is 0.265. The zero-order chi connectivity index (χ0) is 16.2. The second-order valence-electron chi connectivity index (χ2n) is 4.92. The van der Waals surface area contributed by atoms with Gasteiger partial charge in [-0.25, -0.2) is 9.48 Å². The van der Waals surface area contributed by atoms with Crippen LogP contribution in [0.2, 0.25) is 5.02 Å². The van der Waals surface area contributed by atoms with Crippen LogP contribution in [0.1, 0.15) is 21.7 Å². The van der Waals surface area contributed by atoms with Gasteiger partial charge in [0.1, 0.15) is 5.69 Å². The van der Waals surface area contributed by atoms with Crippen molar-refractivity contribution in [2.45, 2.75) is 13.1 Å². The van der Waals surface area contributed by atoms with Gasteiger partial charge in [0.2, 0.25) is 0 Å². The third-order valence-electron chi connectivity index (χ3n) is 3.20. The number of nitrogens with zero attached hydrogens (tertiary/aromatic N) is 5. The van der Waals surface area contributed by atoms with Crippen molar-refractivity contribution in [3.63, 3.8) is 0 Å². The quantitative estimate of drug-likeness (QED) is 0.668. The molecule has 0 unspecified atom stereocenters. The molecule has 118 valence electrons. The SMILES string of the molecule is COC(=O)c1ccn(Cc2cn(Cc3ccc(Cl)cc3)nn2)n1. The molecular formula is C15H14ClN5O2. The predicted octanol–water partition coefficient (Wildman–Crippen LogP) is 2.01. The number of carbonyl (C=O) groups is 1. The predicted molar refractivity (Wildman–Crippen MR) is 83.2 cm³/mol. The fourth-order valence-electron chi connectivity index (χ4n) is 2.09. The maximum absolute atomic E-state index is 11.4. The van der Waals surface area contributed by atoms with Crippen LogP contribution in [0.4, 0.5) is 0 Å². The van der Waals surface area contributed by atoms with E-state index in [1.54, 1.807) is 21.6 Å². The molecule has 8 heteroatoms. The molecule has 23 heavy (non-hydrogen) atoms. The van der Waals surface area contributed by atoms with E-state index in [4.69, 9.17) is 11.6 Å². The largest absolute Gasteiger partial charge is 0.464 e. The molecule has 1 aromatic carbocycles. The number of rotatable bonds is 5. The fraction of sp³-hybridized carbons (Fsp3) is 0.200. The van der Waals surface area contributed by atoms with Crippen LogP contribution in [0.15, 0.2) is 42.7 Å². The standard InChI is InChI=1S/C15H14ClN5O2/c1-23-15(22)14-6-7-20(18-14)9-13-10-21(19-17-13)8-11-2-4-12(16)5-3-11/h2-7,10H,8-9H2,1H3. The topological polar surface area (TPSA) is 74.8 Å². The number of hydrogen-bond acceptors (Lipinski definition) is 5. The summed E-state index contributed by atoms with van der Waals surface area (Å²) in [6, 6.07) is 9.17. The van der Waals surface area contributed by atoms with Crippen LogP contribution in [-0.4, -0.2) is 37.9 Å². The number of halogens is 1. The number of esters is 1. The molecule has 0 atom stereocenters. The van der Waals surface area contributed by atoms with Crippen molar-refractivity contribution in [1.29, 1.82) is 0 Å². The maximum Gasteiger partial charge on any atom is 0.358 e. The molecular weight excluding hydrogens is 318 g/mol. The number of carbonyl (C=O) groups excluding carboxylic acids is 1. The van der Waals surface area contributed by atoms with Gasteiger partial charge in [0.05, 0.1) is 26.4 Å². The Kier molecular flexibility index (Phi) is 4.38. The molecule has 0 amide bonds. The van der Waals surface area contributed by atoms with Crippen molar-refractivity contribution >= 4 is 17.6 Å². The van der Waals surface area contributed by atoms with Gasteiger partial charge in [-0.1, -0.05) is 28.9 Å². The van der Waals surface area contributed by atoms with Crippen molar-refractivity contribution in [2.24, 2.45) is 0 Å². The van der Waals surface area contributed by atoms with E-state index < -0.39 is 5.97 Å². The number of methoxy groups -OCH3 is 1. The first-order chi connectivity index (χ1) is 11.1. The van der Waals surface area contributed by atoms with E-state index >= 15 is 0 Å². The van der Waals surface area contributed by atoms with Crippen LogP contribution in [0.25, 0.3) is 0 Å². The Morgan fingerprint density at radius 2 is 1.96 bits per heavy atom. The number of benzene rings is 1. The summed E-state index contributed by atoms with van der Waals surface area (Å²) in [4.78, 5) is 11.4. The first kappa shape index (κ1) is 15.2. The average molecular weight is 332 g/mol. The Hall–Kier alpha value is -2.67. The Bertz CT molecular complexity index is 809. The average Bonchev–Trinajstić information content (AvgIpc) is 3.19.